The lowest BCUT2D eigenvalue weighted by molar-refractivity contribution is -0.384. The summed E-state index contributed by atoms with van der Waals surface area (Å²) in [6, 6.07) is 17.5. The van der Waals surface area contributed by atoms with Gasteiger partial charge in [0, 0.05) is 40.8 Å². The molecule has 4 aromatic rings. The van der Waals surface area contributed by atoms with E-state index in [0.717, 1.165) is 27.5 Å². The zero-order valence-corrected chi connectivity index (χ0v) is 16.9. The quantitative estimate of drug-likeness (QED) is 0.332. The standard InChI is InChI=1S/C22H18N4O3S/c1-14-18(12-20(23-14)25-22(27)16-7-3-2-4-8-16)19-13-30-21(24-19)11-15-6-5-9-17(10-15)26(28)29/h2-10,12-13,23H,11H2,1H3,(H,25,27). The summed E-state index contributed by atoms with van der Waals surface area (Å²) in [6.07, 6.45) is 0.521. The highest BCUT2D eigenvalue weighted by Crippen LogP contribution is 2.29. The molecule has 0 saturated heterocycles. The molecule has 2 aromatic heterocycles. The second kappa shape index (κ2) is 8.30. The van der Waals surface area contributed by atoms with Crippen molar-refractivity contribution in [3.8, 4) is 11.3 Å². The van der Waals surface area contributed by atoms with Gasteiger partial charge in [-0.05, 0) is 30.7 Å². The van der Waals surface area contributed by atoms with E-state index in [2.05, 4.69) is 15.3 Å². The van der Waals surface area contributed by atoms with Crippen LogP contribution in [0.5, 0.6) is 0 Å². The molecule has 0 saturated carbocycles. The molecule has 1 amide bonds. The molecule has 0 bridgehead atoms. The number of amides is 1. The first kappa shape index (κ1) is 19.5. The minimum atomic E-state index is -0.398. The minimum Gasteiger partial charge on any atom is -0.345 e. The van der Waals surface area contributed by atoms with Gasteiger partial charge < -0.3 is 10.3 Å². The number of carbonyl (C=O) groups excluding carboxylic acids is 1. The molecule has 2 heterocycles. The van der Waals surface area contributed by atoms with Gasteiger partial charge in [-0.15, -0.1) is 11.3 Å². The van der Waals surface area contributed by atoms with Crippen LogP contribution < -0.4 is 5.32 Å². The van der Waals surface area contributed by atoms with Crippen molar-refractivity contribution < 1.29 is 9.72 Å². The summed E-state index contributed by atoms with van der Waals surface area (Å²) >= 11 is 1.50. The number of thiazole rings is 1. The summed E-state index contributed by atoms with van der Waals surface area (Å²) in [7, 11) is 0. The predicted molar refractivity (Wildman–Crippen MR) is 117 cm³/mol. The van der Waals surface area contributed by atoms with Crippen LogP contribution in [0.25, 0.3) is 11.3 Å². The number of aromatic amines is 1. The molecule has 0 aliphatic carbocycles. The summed E-state index contributed by atoms with van der Waals surface area (Å²) < 4.78 is 0. The van der Waals surface area contributed by atoms with Gasteiger partial charge in [0.1, 0.15) is 5.82 Å². The van der Waals surface area contributed by atoms with E-state index in [0.29, 0.717) is 17.8 Å². The lowest BCUT2D eigenvalue weighted by Gasteiger charge is -2.01. The van der Waals surface area contributed by atoms with Gasteiger partial charge in [-0.2, -0.15) is 0 Å². The van der Waals surface area contributed by atoms with E-state index in [-0.39, 0.29) is 11.6 Å². The monoisotopic (exact) mass is 418 g/mol. The van der Waals surface area contributed by atoms with Crippen molar-refractivity contribution in [3.05, 3.63) is 98.0 Å². The van der Waals surface area contributed by atoms with Gasteiger partial charge in [-0.3, -0.25) is 14.9 Å². The summed E-state index contributed by atoms with van der Waals surface area (Å²) in [4.78, 5) is 30.8. The number of carbonyl (C=O) groups is 1. The van der Waals surface area contributed by atoms with Crippen LogP contribution in [0.4, 0.5) is 11.5 Å². The number of aromatic nitrogens is 2. The number of nitro groups is 1. The molecule has 0 aliphatic heterocycles. The maximum atomic E-state index is 12.4. The van der Waals surface area contributed by atoms with Crippen LogP contribution in [0.3, 0.4) is 0 Å². The van der Waals surface area contributed by atoms with Gasteiger partial charge in [-0.25, -0.2) is 4.98 Å². The van der Waals surface area contributed by atoms with Gasteiger partial charge in [0.05, 0.1) is 15.6 Å². The number of rotatable bonds is 6. The Morgan fingerprint density at radius 3 is 2.73 bits per heavy atom. The van der Waals surface area contributed by atoms with Crippen molar-refractivity contribution in [2.24, 2.45) is 0 Å². The molecule has 30 heavy (non-hydrogen) atoms. The van der Waals surface area contributed by atoms with Crippen molar-refractivity contribution >= 4 is 28.7 Å². The predicted octanol–water partition coefficient (Wildman–Crippen LogP) is 5.20. The SMILES string of the molecule is Cc1[nH]c(NC(=O)c2ccccc2)cc1-c1csc(Cc2cccc([N+](=O)[O-])c2)n1. The first-order valence-electron chi connectivity index (χ1n) is 9.24. The molecule has 0 unspecified atom stereocenters. The Morgan fingerprint density at radius 1 is 1.17 bits per heavy atom. The van der Waals surface area contributed by atoms with Crippen LogP contribution in [-0.4, -0.2) is 20.8 Å². The van der Waals surface area contributed by atoms with Crippen molar-refractivity contribution in [3.63, 3.8) is 0 Å². The van der Waals surface area contributed by atoms with E-state index in [1.807, 2.05) is 42.6 Å². The molecule has 7 nitrogen and oxygen atoms in total. The number of nitro benzene ring substituents is 1. The molecule has 2 aromatic carbocycles. The Hall–Kier alpha value is -3.78. The van der Waals surface area contributed by atoms with Gasteiger partial charge >= 0.3 is 0 Å². The molecule has 8 heteroatoms. The zero-order chi connectivity index (χ0) is 21.1. The van der Waals surface area contributed by atoms with Gasteiger partial charge in [0.25, 0.3) is 11.6 Å². The highest BCUT2D eigenvalue weighted by Gasteiger charge is 2.14. The van der Waals surface area contributed by atoms with Crippen LogP contribution in [0.2, 0.25) is 0 Å². The first-order chi connectivity index (χ1) is 14.5. The third-order valence-corrected chi connectivity index (χ3v) is 5.45. The largest absolute Gasteiger partial charge is 0.345 e. The van der Waals surface area contributed by atoms with Crippen molar-refractivity contribution in [2.75, 3.05) is 5.32 Å². The summed E-state index contributed by atoms with van der Waals surface area (Å²) in [6.45, 7) is 1.92. The molecule has 4 rings (SSSR count). The first-order valence-corrected chi connectivity index (χ1v) is 10.1. The lowest BCUT2D eigenvalue weighted by atomic mass is 10.1. The average Bonchev–Trinajstić information content (AvgIpc) is 3.35. The maximum absolute atomic E-state index is 12.4. The number of benzene rings is 2. The molecule has 0 aliphatic rings. The van der Waals surface area contributed by atoms with Crippen LogP contribution in [-0.2, 0) is 6.42 Å². The van der Waals surface area contributed by atoms with Crippen LogP contribution in [0.1, 0.15) is 26.6 Å². The number of hydrogen-bond donors (Lipinski definition) is 2. The van der Waals surface area contributed by atoms with E-state index in [1.165, 1.54) is 17.4 Å². The second-order valence-corrected chi connectivity index (χ2v) is 7.71. The van der Waals surface area contributed by atoms with Gasteiger partial charge in [-0.1, -0.05) is 30.3 Å². The zero-order valence-electron chi connectivity index (χ0n) is 16.1. The van der Waals surface area contributed by atoms with Gasteiger partial charge in [0.2, 0.25) is 0 Å². The Balaban J connectivity index is 1.50. The van der Waals surface area contributed by atoms with Crippen LogP contribution in [0.15, 0.2) is 66.0 Å². The Kier molecular flexibility index (Phi) is 5.40. The highest BCUT2D eigenvalue weighted by molar-refractivity contribution is 7.10. The van der Waals surface area contributed by atoms with E-state index in [9.17, 15) is 14.9 Å². The molecule has 0 radical (unpaired) electrons. The van der Waals surface area contributed by atoms with E-state index in [1.54, 1.807) is 24.3 Å². The topological polar surface area (TPSA) is 101 Å². The second-order valence-electron chi connectivity index (χ2n) is 6.77. The third kappa shape index (κ3) is 4.28. The molecule has 0 atom stereocenters. The summed E-state index contributed by atoms with van der Waals surface area (Å²) in [5.41, 5.74) is 4.09. The normalized spacial score (nSPS) is 10.7. The number of non-ortho nitro benzene ring substituents is 1. The Bertz CT molecular complexity index is 1210. The van der Waals surface area contributed by atoms with Crippen molar-refractivity contribution in [2.45, 2.75) is 13.3 Å². The van der Waals surface area contributed by atoms with E-state index in [4.69, 9.17) is 0 Å². The number of nitrogens with zero attached hydrogens (tertiary/aromatic N) is 2. The average molecular weight is 418 g/mol. The van der Waals surface area contributed by atoms with E-state index < -0.39 is 4.92 Å². The van der Waals surface area contributed by atoms with Crippen LogP contribution >= 0.6 is 11.3 Å². The molecule has 2 N–H and O–H groups in total. The molecule has 0 fully saturated rings. The number of hydrogen-bond acceptors (Lipinski definition) is 5. The lowest BCUT2D eigenvalue weighted by Crippen LogP contribution is -2.11. The number of H-pyrrole nitrogens is 1. The minimum absolute atomic E-state index is 0.0737. The number of nitrogens with one attached hydrogen (secondary N) is 2. The fourth-order valence-corrected chi connectivity index (χ4v) is 3.97. The van der Waals surface area contributed by atoms with E-state index >= 15 is 0 Å². The maximum Gasteiger partial charge on any atom is 0.269 e. The Morgan fingerprint density at radius 2 is 1.97 bits per heavy atom. The third-order valence-electron chi connectivity index (χ3n) is 4.60. The Labute approximate surface area is 176 Å². The summed E-state index contributed by atoms with van der Waals surface area (Å²) in [5.74, 6) is 0.414. The highest BCUT2D eigenvalue weighted by atomic mass is 32.1. The smallest absolute Gasteiger partial charge is 0.269 e. The molecule has 150 valence electrons. The molecular weight excluding hydrogens is 400 g/mol. The number of anilines is 1. The van der Waals surface area contributed by atoms with Gasteiger partial charge in [0.15, 0.2) is 0 Å². The fourth-order valence-electron chi connectivity index (χ4n) is 3.15. The molecular formula is C22H18N4O3S. The summed E-state index contributed by atoms with van der Waals surface area (Å²) in [5, 5.41) is 16.6. The van der Waals surface area contributed by atoms with Crippen molar-refractivity contribution in [1.29, 1.82) is 0 Å². The number of aryl methyl sites for hydroxylation is 1. The molecule has 0 spiro atoms. The fraction of sp³-hybridized carbons (Fsp3) is 0.0909. The van der Waals surface area contributed by atoms with Crippen LogP contribution in [0, 0.1) is 17.0 Å². The van der Waals surface area contributed by atoms with Crippen molar-refractivity contribution in [1.82, 2.24) is 9.97 Å².